The molecule has 0 bridgehead atoms. The maximum Gasteiger partial charge on any atom is 0.115 e. The summed E-state index contributed by atoms with van der Waals surface area (Å²) in [5.41, 5.74) is 1.30. The number of benzene rings is 1. The van der Waals surface area contributed by atoms with Crippen LogP contribution in [0.1, 0.15) is 37.8 Å². The predicted molar refractivity (Wildman–Crippen MR) is 79.4 cm³/mol. The van der Waals surface area contributed by atoms with E-state index >= 15 is 0 Å². The maximum atomic E-state index is 9.35. The summed E-state index contributed by atoms with van der Waals surface area (Å²) in [6, 6.07) is 8.09. The van der Waals surface area contributed by atoms with Crippen LogP contribution in [0.2, 0.25) is 0 Å². The highest BCUT2D eigenvalue weighted by molar-refractivity contribution is 5.27. The van der Waals surface area contributed by atoms with E-state index in [-0.39, 0.29) is 0 Å². The molecule has 0 aromatic heterocycles. The second-order valence-electron chi connectivity index (χ2n) is 5.64. The first-order valence-corrected chi connectivity index (χ1v) is 7.38. The van der Waals surface area contributed by atoms with Crippen LogP contribution in [-0.4, -0.2) is 36.7 Å². The highest BCUT2D eigenvalue weighted by Gasteiger charge is 2.23. The van der Waals surface area contributed by atoms with Crippen LogP contribution < -0.4 is 5.32 Å². The van der Waals surface area contributed by atoms with Crippen LogP contribution in [0.15, 0.2) is 24.3 Å². The van der Waals surface area contributed by atoms with Crippen molar-refractivity contribution < 1.29 is 5.11 Å². The number of nitrogens with one attached hydrogen (secondary N) is 1. The van der Waals surface area contributed by atoms with Crippen molar-refractivity contribution in [1.82, 2.24) is 10.2 Å². The van der Waals surface area contributed by atoms with E-state index in [0.29, 0.717) is 11.8 Å². The number of phenolic OH excluding ortho intramolecular Hbond substituents is 1. The molecule has 1 atom stereocenters. The van der Waals surface area contributed by atoms with Crippen LogP contribution in [0.3, 0.4) is 0 Å². The largest absolute Gasteiger partial charge is 0.508 e. The second-order valence-corrected chi connectivity index (χ2v) is 5.64. The van der Waals surface area contributed by atoms with Crippen molar-refractivity contribution in [1.29, 1.82) is 0 Å². The molecular weight excluding hydrogens is 236 g/mol. The van der Waals surface area contributed by atoms with Crippen molar-refractivity contribution >= 4 is 0 Å². The Morgan fingerprint density at radius 1 is 1.26 bits per heavy atom. The Morgan fingerprint density at radius 2 is 1.89 bits per heavy atom. The fraction of sp³-hybridized carbons (Fsp3) is 0.625. The Kier molecular flexibility index (Phi) is 5.23. The third-order valence-corrected chi connectivity index (χ3v) is 4.37. The van der Waals surface area contributed by atoms with Gasteiger partial charge in [0.15, 0.2) is 0 Å². The minimum atomic E-state index is 0.349. The summed E-state index contributed by atoms with van der Waals surface area (Å²) >= 11 is 0. The van der Waals surface area contributed by atoms with Gasteiger partial charge in [-0.1, -0.05) is 12.1 Å². The molecule has 1 heterocycles. The highest BCUT2D eigenvalue weighted by Crippen LogP contribution is 2.28. The van der Waals surface area contributed by atoms with Gasteiger partial charge in [0.05, 0.1) is 0 Å². The van der Waals surface area contributed by atoms with Crippen LogP contribution >= 0.6 is 0 Å². The zero-order valence-corrected chi connectivity index (χ0v) is 12.1. The van der Waals surface area contributed by atoms with Crippen molar-refractivity contribution in [3.63, 3.8) is 0 Å². The van der Waals surface area contributed by atoms with Crippen molar-refractivity contribution in [3.05, 3.63) is 29.8 Å². The van der Waals surface area contributed by atoms with Crippen LogP contribution in [0.5, 0.6) is 5.75 Å². The molecule has 1 aliphatic rings. The van der Waals surface area contributed by atoms with Gasteiger partial charge in [-0.2, -0.15) is 0 Å². The zero-order valence-electron chi connectivity index (χ0n) is 12.1. The number of hydrogen-bond acceptors (Lipinski definition) is 3. The number of piperidine rings is 1. The number of hydrogen-bond donors (Lipinski definition) is 2. The minimum absolute atomic E-state index is 0.349. The number of rotatable bonds is 5. The number of nitrogens with zero attached hydrogens (tertiary/aromatic N) is 1. The fourth-order valence-electron chi connectivity index (χ4n) is 2.94. The molecule has 1 saturated heterocycles. The van der Waals surface area contributed by atoms with E-state index < -0.39 is 0 Å². The molecule has 1 aromatic carbocycles. The Labute approximate surface area is 116 Å². The summed E-state index contributed by atoms with van der Waals surface area (Å²) in [6.07, 6.45) is 3.92. The third-order valence-electron chi connectivity index (χ3n) is 4.37. The molecule has 2 rings (SSSR count). The molecular formula is C16H26N2O. The molecule has 3 nitrogen and oxygen atoms in total. The van der Waals surface area contributed by atoms with Crippen molar-refractivity contribution in [2.24, 2.45) is 5.92 Å². The molecule has 1 aliphatic heterocycles. The molecule has 0 radical (unpaired) electrons. The van der Waals surface area contributed by atoms with Gasteiger partial charge in [0.2, 0.25) is 0 Å². The summed E-state index contributed by atoms with van der Waals surface area (Å²) in [7, 11) is 2.03. The Balaban J connectivity index is 1.85. The molecule has 1 fully saturated rings. The highest BCUT2D eigenvalue weighted by atomic mass is 16.3. The van der Waals surface area contributed by atoms with E-state index in [0.717, 1.165) is 12.5 Å². The lowest BCUT2D eigenvalue weighted by atomic mass is 9.92. The molecule has 0 spiro atoms. The van der Waals surface area contributed by atoms with Crippen LogP contribution in [0, 0.1) is 5.92 Å². The van der Waals surface area contributed by atoms with Crippen LogP contribution in [0.25, 0.3) is 0 Å². The van der Waals surface area contributed by atoms with Gasteiger partial charge in [-0.3, -0.25) is 4.90 Å². The van der Waals surface area contributed by atoms with Crippen LogP contribution in [-0.2, 0) is 0 Å². The molecule has 106 valence electrons. The monoisotopic (exact) mass is 262 g/mol. The Morgan fingerprint density at radius 3 is 2.47 bits per heavy atom. The predicted octanol–water partition coefficient (Wildman–Crippen LogP) is 2.77. The molecule has 0 amide bonds. The zero-order chi connectivity index (χ0) is 13.7. The molecule has 1 unspecified atom stereocenters. The van der Waals surface area contributed by atoms with E-state index in [9.17, 15) is 5.11 Å². The second kappa shape index (κ2) is 6.92. The van der Waals surface area contributed by atoms with Gasteiger partial charge < -0.3 is 10.4 Å². The average molecular weight is 262 g/mol. The summed E-state index contributed by atoms with van der Waals surface area (Å²) in [6.45, 7) is 5.78. The Hall–Kier alpha value is -1.06. The molecule has 0 aliphatic carbocycles. The summed E-state index contributed by atoms with van der Waals surface area (Å²) in [5.74, 6) is 1.23. The molecule has 2 N–H and O–H groups in total. The maximum absolute atomic E-state index is 9.35. The van der Waals surface area contributed by atoms with E-state index in [1.165, 1.54) is 37.9 Å². The smallest absolute Gasteiger partial charge is 0.115 e. The number of phenols is 1. The Bertz CT molecular complexity index is 369. The van der Waals surface area contributed by atoms with E-state index in [2.05, 4.69) is 17.1 Å². The van der Waals surface area contributed by atoms with Gasteiger partial charge >= 0.3 is 0 Å². The quantitative estimate of drug-likeness (QED) is 0.856. The lowest BCUT2D eigenvalue weighted by Crippen LogP contribution is -2.36. The summed E-state index contributed by atoms with van der Waals surface area (Å²) in [4.78, 5) is 2.56. The first-order valence-electron chi connectivity index (χ1n) is 7.38. The lowest BCUT2D eigenvalue weighted by molar-refractivity contribution is 0.137. The van der Waals surface area contributed by atoms with Crippen molar-refractivity contribution in [2.45, 2.75) is 32.2 Å². The topological polar surface area (TPSA) is 35.5 Å². The van der Waals surface area contributed by atoms with E-state index in [4.69, 9.17) is 0 Å². The molecule has 0 saturated carbocycles. The first kappa shape index (κ1) is 14.4. The summed E-state index contributed by atoms with van der Waals surface area (Å²) in [5, 5.41) is 12.6. The molecule has 19 heavy (non-hydrogen) atoms. The minimum Gasteiger partial charge on any atom is -0.508 e. The van der Waals surface area contributed by atoms with Gasteiger partial charge in [0, 0.05) is 6.04 Å². The van der Waals surface area contributed by atoms with Gasteiger partial charge in [-0.15, -0.1) is 0 Å². The van der Waals surface area contributed by atoms with Crippen molar-refractivity contribution in [2.75, 3.05) is 26.7 Å². The fourth-order valence-corrected chi connectivity index (χ4v) is 2.94. The molecule has 3 heteroatoms. The van der Waals surface area contributed by atoms with Gasteiger partial charge in [0.25, 0.3) is 0 Å². The van der Waals surface area contributed by atoms with E-state index in [1.54, 1.807) is 12.1 Å². The van der Waals surface area contributed by atoms with E-state index in [1.807, 2.05) is 19.2 Å². The summed E-state index contributed by atoms with van der Waals surface area (Å²) < 4.78 is 0. The first-order chi connectivity index (χ1) is 9.20. The van der Waals surface area contributed by atoms with Crippen LogP contribution in [0.4, 0.5) is 0 Å². The molecule has 1 aromatic rings. The SMILES string of the molecule is CNCCC1CCN(C(C)c2ccc(O)cc2)CC1. The number of aromatic hydroxyl groups is 1. The van der Waals surface area contributed by atoms with Crippen molar-refractivity contribution in [3.8, 4) is 5.75 Å². The van der Waals surface area contributed by atoms with Gasteiger partial charge in [0.1, 0.15) is 5.75 Å². The number of likely N-dealkylation sites (tertiary alicyclic amines) is 1. The van der Waals surface area contributed by atoms with Gasteiger partial charge in [-0.05, 0) is 76.5 Å². The normalized spacial score (nSPS) is 19.5. The average Bonchev–Trinajstić information content (AvgIpc) is 2.46. The third kappa shape index (κ3) is 3.95. The standard InChI is InChI=1S/C16H26N2O/c1-13(15-3-5-16(19)6-4-15)18-11-8-14(9-12-18)7-10-17-2/h3-6,13-14,17,19H,7-12H2,1-2H3. The lowest BCUT2D eigenvalue weighted by Gasteiger charge is -2.36. The van der Waals surface area contributed by atoms with Gasteiger partial charge in [-0.25, -0.2) is 0 Å².